The smallest absolute Gasteiger partial charge is 0.408 e. The largest absolute Gasteiger partial charge is 0.497 e. The first-order valence-corrected chi connectivity index (χ1v) is 12.1. The molecule has 0 bridgehead atoms. The number of methoxy groups -OCH3 is 1. The van der Waals surface area contributed by atoms with Gasteiger partial charge >= 0.3 is 6.09 Å². The average molecular weight is 519 g/mol. The van der Waals surface area contributed by atoms with Crippen LogP contribution in [0.5, 0.6) is 5.75 Å². The van der Waals surface area contributed by atoms with Crippen molar-refractivity contribution in [1.82, 2.24) is 10.2 Å². The molecule has 0 fully saturated rings. The van der Waals surface area contributed by atoms with Gasteiger partial charge in [-0.25, -0.2) is 4.79 Å². The van der Waals surface area contributed by atoms with Crippen molar-refractivity contribution in [2.45, 2.75) is 52.3 Å². The second kappa shape index (κ2) is 13.2. The number of carbonyl (C=O) groups excluding carboxylic acids is 3. The fourth-order valence-electron chi connectivity index (χ4n) is 3.62. The number of terminal acetylenes is 1. The Balaban J connectivity index is 2.49. The number of carbonyl (C=O) groups is 3. The van der Waals surface area contributed by atoms with Crippen molar-refractivity contribution in [2.24, 2.45) is 5.92 Å². The number of rotatable bonds is 9. The number of anilines is 1. The first kappa shape index (κ1) is 29.7. The van der Waals surface area contributed by atoms with Gasteiger partial charge in [-0.3, -0.25) is 9.59 Å². The van der Waals surface area contributed by atoms with Gasteiger partial charge in [0.05, 0.1) is 13.2 Å². The van der Waals surface area contributed by atoms with Crippen LogP contribution in [0.25, 0.3) is 0 Å². The van der Waals surface area contributed by atoms with E-state index in [0.29, 0.717) is 22.6 Å². The Morgan fingerprint density at radius 1 is 1.05 bits per heavy atom. The SMILES string of the molecule is C#Cc1ccc(C(C(=O)Nc2ccc(OC)cc2)N(CC#N)C(=O)C(NC(=O)OC(C)(C)C)C(C)C)cc1. The molecule has 2 N–H and O–H groups in total. The van der Waals surface area contributed by atoms with Gasteiger partial charge in [0.25, 0.3) is 5.91 Å². The summed E-state index contributed by atoms with van der Waals surface area (Å²) in [5.41, 5.74) is 0.726. The van der Waals surface area contributed by atoms with Crippen LogP contribution in [0.3, 0.4) is 0 Å². The lowest BCUT2D eigenvalue weighted by molar-refractivity contribution is -0.140. The number of hydrogen-bond donors (Lipinski definition) is 2. The Labute approximate surface area is 224 Å². The second-order valence-electron chi connectivity index (χ2n) is 9.88. The molecule has 0 heterocycles. The van der Waals surface area contributed by atoms with Crippen LogP contribution in [-0.2, 0) is 14.3 Å². The molecule has 0 saturated carbocycles. The van der Waals surface area contributed by atoms with Crippen molar-refractivity contribution < 1.29 is 23.9 Å². The number of benzene rings is 2. The van der Waals surface area contributed by atoms with Gasteiger partial charge in [-0.05, 0) is 68.7 Å². The zero-order valence-corrected chi connectivity index (χ0v) is 22.6. The van der Waals surface area contributed by atoms with E-state index in [-0.39, 0.29) is 5.92 Å². The van der Waals surface area contributed by atoms with E-state index in [1.54, 1.807) is 83.1 Å². The zero-order chi connectivity index (χ0) is 28.5. The minimum atomic E-state index is -1.20. The van der Waals surface area contributed by atoms with Gasteiger partial charge in [-0.2, -0.15) is 5.26 Å². The average Bonchev–Trinajstić information content (AvgIpc) is 2.86. The Hall–Kier alpha value is -4.50. The summed E-state index contributed by atoms with van der Waals surface area (Å²) in [5, 5.41) is 15.0. The molecule has 0 aliphatic carbocycles. The number of ether oxygens (including phenoxy) is 2. The molecule has 3 amide bonds. The van der Waals surface area contributed by atoms with Gasteiger partial charge in [0.2, 0.25) is 5.91 Å². The normalized spacial score (nSPS) is 12.3. The van der Waals surface area contributed by atoms with E-state index in [0.717, 1.165) is 4.90 Å². The fourth-order valence-corrected chi connectivity index (χ4v) is 3.62. The molecule has 0 aromatic heterocycles. The van der Waals surface area contributed by atoms with Crippen LogP contribution >= 0.6 is 0 Å². The summed E-state index contributed by atoms with van der Waals surface area (Å²) >= 11 is 0. The molecule has 0 aliphatic rings. The van der Waals surface area contributed by atoms with Gasteiger partial charge < -0.3 is 25.0 Å². The summed E-state index contributed by atoms with van der Waals surface area (Å²) < 4.78 is 10.5. The first-order valence-electron chi connectivity index (χ1n) is 12.1. The fraction of sp³-hybridized carbons (Fsp3) is 0.379. The lowest BCUT2D eigenvalue weighted by Gasteiger charge is -2.34. The van der Waals surface area contributed by atoms with Crippen LogP contribution in [0.1, 0.15) is 51.8 Å². The standard InChI is InChI=1S/C29H34N4O5/c1-8-20-9-11-21(12-10-20)25(26(34)31-22-13-15-23(37-7)16-14-22)33(18-17-30)27(35)24(19(2)3)32-28(36)38-29(4,5)6/h1,9-16,19,24-25H,18H2,2-7H3,(H,31,34)(H,32,36). The number of amides is 3. The molecule has 0 spiro atoms. The molecular weight excluding hydrogens is 484 g/mol. The molecular formula is C29H34N4O5. The van der Waals surface area contributed by atoms with Crippen molar-refractivity contribution in [3.63, 3.8) is 0 Å². The molecule has 0 saturated heterocycles. The van der Waals surface area contributed by atoms with E-state index in [4.69, 9.17) is 15.9 Å². The van der Waals surface area contributed by atoms with Gasteiger partial charge in [0.15, 0.2) is 0 Å². The van der Waals surface area contributed by atoms with E-state index in [9.17, 15) is 19.6 Å². The summed E-state index contributed by atoms with van der Waals surface area (Å²) in [6.45, 7) is 8.22. The summed E-state index contributed by atoms with van der Waals surface area (Å²) in [6, 6.07) is 13.0. The summed E-state index contributed by atoms with van der Waals surface area (Å²) in [4.78, 5) is 41.1. The molecule has 9 heteroatoms. The van der Waals surface area contributed by atoms with Gasteiger partial charge in [-0.15, -0.1) is 6.42 Å². The first-order chi connectivity index (χ1) is 17.9. The minimum Gasteiger partial charge on any atom is -0.497 e. The molecule has 0 aliphatic heterocycles. The maximum absolute atomic E-state index is 13.8. The van der Waals surface area contributed by atoms with E-state index >= 15 is 0 Å². The second-order valence-corrected chi connectivity index (χ2v) is 9.88. The maximum atomic E-state index is 13.8. The van der Waals surface area contributed by atoms with E-state index in [1.807, 2.05) is 6.07 Å². The Morgan fingerprint density at radius 3 is 2.13 bits per heavy atom. The number of hydrogen-bond acceptors (Lipinski definition) is 6. The van der Waals surface area contributed by atoms with Crippen molar-refractivity contribution in [3.05, 3.63) is 59.7 Å². The predicted molar refractivity (Wildman–Crippen MR) is 144 cm³/mol. The molecule has 2 rings (SSSR count). The van der Waals surface area contributed by atoms with Crippen molar-refractivity contribution >= 4 is 23.6 Å². The highest BCUT2D eigenvalue weighted by molar-refractivity contribution is 5.99. The summed E-state index contributed by atoms with van der Waals surface area (Å²) in [6.07, 6.45) is 4.70. The lowest BCUT2D eigenvalue weighted by Crippen LogP contribution is -2.54. The lowest BCUT2D eigenvalue weighted by atomic mass is 9.98. The molecule has 2 aromatic rings. The molecule has 38 heavy (non-hydrogen) atoms. The highest BCUT2D eigenvalue weighted by Crippen LogP contribution is 2.26. The minimum absolute atomic E-state index is 0.370. The number of nitriles is 1. The predicted octanol–water partition coefficient (Wildman–Crippen LogP) is 4.26. The third kappa shape index (κ3) is 8.28. The highest BCUT2D eigenvalue weighted by Gasteiger charge is 2.37. The molecule has 200 valence electrons. The molecule has 0 radical (unpaired) electrons. The van der Waals surface area contributed by atoms with Crippen LogP contribution in [0.4, 0.5) is 10.5 Å². The topological polar surface area (TPSA) is 121 Å². The highest BCUT2D eigenvalue weighted by atomic mass is 16.6. The van der Waals surface area contributed by atoms with E-state index in [2.05, 4.69) is 16.6 Å². The number of nitrogens with zero attached hydrogens (tertiary/aromatic N) is 2. The van der Waals surface area contributed by atoms with Crippen LogP contribution in [-0.4, -0.2) is 48.1 Å². The van der Waals surface area contributed by atoms with Crippen molar-refractivity contribution in [1.29, 1.82) is 5.26 Å². The number of alkyl carbamates (subject to hydrolysis) is 1. The Kier molecular flexibility index (Phi) is 10.3. The van der Waals surface area contributed by atoms with Crippen LogP contribution < -0.4 is 15.4 Å². The summed E-state index contributed by atoms with van der Waals surface area (Å²) in [7, 11) is 1.53. The third-order valence-corrected chi connectivity index (χ3v) is 5.44. The Morgan fingerprint density at radius 2 is 1.66 bits per heavy atom. The van der Waals surface area contributed by atoms with Gasteiger partial charge in [0.1, 0.15) is 30.0 Å². The Bertz CT molecular complexity index is 1200. The van der Waals surface area contributed by atoms with Crippen LogP contribution in [0.2, 0.25) is 0 Å². The third-order valence-electron chi connectivity index (χ3n) is 5.44. The van der Waals surface area contributed by atoms with E-state index in [1.165, 1.54) is 7.11 Å². The summed E-state index contributed by atoms with van der Waals surface area (Å²) in [5.74, 6) is 1.60. The molecule has 2 unspecified atom stereocenters. The quantitative estimate of drug-likeness (QED) is 0.378. The monoisotopic (exact) mass is 518 g/mol. The van der Waals surface area contributed by atoms with Crippen LogP contribution in [0, 0.1) is 29.6 Å². The maximum Gasteiger partial charge on any atom is 0.408 e. The molecule has 9 nitrogen and oxygen atoms in total. The number of nitrogens with one attached hydrogen (secondary N) is 2. The van der Waals surface area contributed by atoms with Crippen molar-refractivity contribution in [2.75, 3.05) is 19.0 Å². The molecule has 2 aromatic carbocycles. The van der Waals surface area contributed by atoms with Crippen molar-refractivity contribution in [3.8, 4) is 24.2 Å². The van der Waals surface area contributed by atoms with E-state index < -0.39 is 42.1 Å². The zero-order valence-electron chi connectivity index (χ0n) is 22.6. The van der Waals surface area contributed by atoms with Crippen LogP contribution in [0.15, 0.2) is 48.5 Å². The molecule has 2 atom stereocenters. The van der Waals surface area contributed by atoms with Gasteiger partial charge in [0, 0.05) is 11.3 Å². The van der Waals surface area contributed by atoms with Gasteiger partial charge in [-0.1, -0.05) is 31.9 Å².